The van der Waals surface area contributed by atoms with E-state index in [1.165, 1.54) is 11.8 Å². The molecule has 2 amide bonds. The van der Waals surface area contributed by atoms with Crippen molar-refractivity contribution in [1.82, 2.24) is 10.2 Å². The van der Waals surface area contributed by atoms with Gasteiger partial charge < -0.3 is 25.4 Å². The molecular weight excluding hydrogens is 328 g/mol. The van der Waals surface area contributed by atoms with Gasteiger partial charge in [0.2, 0.25) is 5.91 Å². The highest BCUT2D eigenvalue weighted by atomic mass is 32.2. The van der Waals surface area contributed by atoms with E-state index in [9.17, 15) is 24.6 Å². The zero-order chi connectivity index (χ0) is 17.0. The lowest BCUT2D eigenvalue weighted by atomic mass is 10.0. The monoisotopic (exact) mass is 346 g/mol. The maximum Gasteiger partial charge on any atom is 0.352 e. The van der Waals surface area contributed by atoms with Crippen molar-refractivity contribution in [2.24, 2.45) is 0 Å². The number of nitrogens with one attached hydrogen (secondary N) is 1. The minimum absolute atomic E-state index is 0.144. The maximum atomic E-state index is 12.1. The summed E-state index contributed by atoms with van der Waals surface area (Å²) < 4.78 is 4.70. The summed E-state index contributed by atoms with van der Waals surface area (Å²) in [5.74, 6) is -1.80. The third-order valence-corrected chi connectivity index (χ3v) is 4.88. The predicted octanol–water partition coefficient (Wildman–Crippen LogP) is -1.54. The molecule has 4 N–H and O–H groups in total. The van der Waals surface area contributed by atoms with Crippen molar-refractivity contribution in [3.05, 3.63) is 11.3 Å². The van der Waals surface area contributed by atoms with Gasteiger partial charge in [0.25, 0.3) is 5.91 Å². The summed E-state index contributed by atoms with van der Waals surface area (Å²) in [5.41, 5.74) is 0.0983. The molecule has 0 aromatic carbocycles. The quantitative estimate of drug-likeness (QED) is 0.236. The van der Waals surface area contributed by atoms with E-state index in [-0.39, 0.29) is 30.2 Å². The Balaban J connectivity index is 1.94. The summed E-state index contributed by atoms with van der Waals surface area (Å²) in [7, 11) is 0. The predicted molar refractivity (Wildman–Crippen MR) is 79.0 cm³/mol. The van der Waals surface area contributed by atoms with Crippen LogP contribution in [0, 0.1) is 0 Å². The Morgan fingerprint density at radius 1 is 1.39 bits per heavy atom. The standard InChI is InChI=1S/C13H18N2O7S/c16-4-7-5-23-12-9(11(19)15(12)10(7)13(20)21)14-8(18)2-1-3-22-6-17/h9,12,16-17H,1-6H2,(H,14,18)(H,20,21). The Hall–Kier alpha value is -1.62. The average molecular weight is 346 g/mol. The molecule has 1 fully saturated rings. The molecule has 2 aliphatic rings. The molecule has 9 nitrogen and oxygen atoms in total. The molecule has 128 valence electrons. The number of aliphatic hydroxyl groups is 2. The van der Waals surface area contributed by atoms with Crippen molar-refractivity contribution in [1.29, 1.82) is 0 Å². The van der Waals surface area contributed by atoms with Gasteiger partial charge in [-0.05, 0) is 12.0 Å². The summed E-state index contributed by atoms with van der Waals surface area (Å²) in [6.45, 7) is -0.598. The minimum atomic E-state index is -1.27. The van der Waals surface area contributed by atoms with Gasteiger partial charge in [-0.1, -0.05) is 0 Å². The number of β-lactam (4-membered cyclic amide) rings is 1. The lowest BCUT2D eigenvalue weighted by Gasteiger charge is -2.49. The van der Waals surface area contributed by atoms with Gasteiger partial charge >= 0.3 is 5.97 Å². The van der Waals surface area contributed by atoms with Crippen LogP contribution < -0.4 is 5.32 Å². The SMILES string of the molecule is O=C(CCCOCO)NC1C(=O)N2C(C(=O)O)=C(CO)CSC12. The number of hydrogen-bond donors (Lipinski definition) is 4. The number of aliphatic carboxylic acids is 1. The van der Waals surface area contributed by atoms with Gasteiger partial charge in [0.05, 0.1) is 6.61 Å². The number of fused-ring (bicyclic) bond motifs is 1. The number of rotatable bonds is 8. The van der Waals surface area contributed by atoms with Gasteiger partial charge in [-0.2, -0.15) is 0 Å². The first-order valence-corrected chi connectivity index (χ1v) is 8.05. The molecule has 2 unspecified atom stereocenters. The van der Waals surface area contributed by atoms with Crippen molar-refractivity contribution in [3.63, 3.8) is 0 Å². The summed E-state index contributed by atoms with van der Waals surface area (Å²) in [6, 6.07) is -0.763. The number of ether oxygens (including phenoxy) is 1. The van der Waals surface area contributed by atoms with Crippen LogP contribution in [0.25, 0.3) is 0 Å². The minimum Gasteiger partial charge on any atom is -0.477 e. The van der Waals surface area contributed by atoms with E-state index in [0.717, 1.165) is 4.90 Å². The Morgan fingerprint density at radius 2 is 2.13 bits per heavy atom. The van der Waals surface area contributed by atoms with Crippen LogP contribution in [0.4, 0.5) is 0 Å². The number of carboxylic acids is 1. The number of carbonyl (C=O) groups is 3. The fourth-order valence-electron chi connectivity index (χ4n) is 2.45. The van der Waals surface area contributed by atoms with E-state index in [2.05, 4.69) is 5.32 Å². The molecule has 0 aliphatic carbocycles. The summed E-state index contributed by atoms with van der Waals surface area (Å²) >= 11 is 1.30. The van der Waals surface area contributed by atoms with Gasteiger partial charge in [0.15, 0.2) is 0 Å². The Morgan fingerprint density at radius 3 is 2.74 bits per heavy atom. The second kappa shape index (κ2) is 7.77. The van der Waals surface area contributed by atoms with Crippen LogP contribution in [-0.4, -0.2) is 75.2 Å². The van der Waals surface area contributed by atoms with E-state index >= 15 is 0 Å². The zero-order valence-corrected chi connectivity index (χ0v) is 13.0. The van der Waals surface area contributed by atoms with Crippen LogP contribution in [0.5, 0.6) is 0 Å². The molecule has 23 heavy (non-hydrogen) atoms. The van der Waals surface area contributed by atoms with Gasteiger partial charge in [0.1, 0.15) is 23.9 Å². The molecule has 0 bridgehead atoms. The second-order valence-electron chi connectivity index (χ2n) is 5.01. The van der Waals surface area contributed by atoms with Gasteiger partial charge in [-0.25, -0.2) is 4.79 Å². The first-order chi connectivity index (χ1) is 11.0. The molecule has 0 radical (unpaired) electrons. The van der Waals surface area contributed by atoms with Crippen LogP contribution >= 0.6 is 11.8 Å². The van der Waals surface area contributed by atoms with Crippen molar-refractivity contribution >= 4 is 29.5 Å². The summed E-state index contributed by atoms with van der Waals surface area (Å²) in [6.07, 6.45) is 0.550. The number of carbonyl (C=O) groups excluding carboxylic acids is 2. The van der Waals surface area contributed by atoms with E-state index in [0.29, 0.717) is 12.2 Å². The number of amides is 2. The number of nitrogens with zero attached hydrogens (tertiary/aromatic N) is 1. The van der Waals surface area contributed by atoms with Crippen LogP contribution in [0.15, 0.2) is 11.3 Å². The van der Waals surface area contributed by atoms with Crippen LogP contribution in [0.1, 0.15) is 12.8 Å². The van der Waals surface area contributed by atoms with E-state index < -0.39 is 36.7 Å². The van der Waals surface area contributed by atoms with Crippen LogP contribution in [-0.2, 0) is 19.1 Å². The first kappa shape index (κ1) is 17.7. The first-order valence-electron chi connectivity index (χ1n) is 7.00. The number of hydrogen-bond acceptors (Lipinski definition) is 7. The molecule has 0 spiro atoms. The highest BCUT2D eigenvalue weighted by molar-refractivity contribution is 8.00. The highest BCUT2D eigenvalue weighted by Gasteiger charge is 2.53. The largest absolute Gasteiger partial charge is 0.477 e. The van der Waals surface area contributed by atoms with Gasteiger partial charge in [-0.3, -0.25) is 14.5 Å². The zero-order valence-electron chi connectivity index (χ0n) is 12.2. The molecule has 2 heterocycles. The van der Waals surface area contributed by atoms with E-state index in [4.69, 9.17) is 9.84 Å². The molecule has 0 aromatic rings. The molecular formula is C13H18N2O7S. The third kappa shape index (κ3) is 3.66. The fraction of sp³-hybridized carbons (Fsp3) is 0.615. The lowest BCUT2D eigenvalue weighted by molar-refractivity contribution is -0.150. The van der Waals surface area contributed by atoms with Crippen molar-refractivity contribution in [2.45, 2.75) is 24.3 Å². The molecule has 2 rings (SSSR count). The summed E-state index contributed by atoms with van der Waals surface area (Å²) in [4.78, 5) is 36.3. The maximum absolute atomic E-state index is 12.1. The molecule has 2 atom stereocenters. The fourth-order valence-corrected chi connectivity index (χ4v) is 3.79. The molecule has 1 saturated heterocycles. The molecule has 10 heteroatoms. The van der Waals surface area contributed by atoms with Gasteiger partial charge in [0, 0.05) is 18.8 Å². The topological polar surface area (TPSA) is 136 Å². The lowest BCUT2D eigenvalue weighted by Crippen LogP contribution is -2.70. The van der Waals surface area contributed by atoms with Crippen molar-refractivity contribution < 1.29 is 34.4 Å². The van der Waals surface area contributed by atoms with Crippen molar-refractivity contribution in [3.8, 4) is 0 Å². The Bertz CT molecular complexity index is 536. The Labute approximate surface area is 136 Å². The third-order valence-electron chi connectivity index (χ3n) is 3.54. The van der Waals surface area contributed by atoms with E-state index in [1.54, 1.807) is 0 Å². The number of aliphatic hydroxyl groups excluding tert-OH is 2. The molecule has 0 aromatic heterocycles. The molecule has 2 aliphatic heterocycles. The highest BCUT2D eigenvalue weighted by Crippen LogP contribution is 2.40. The van der Waals surface area contributed by atoms with Crippen molar-refractivity contribution in [2.75, 3.05) is 25.8 Å². The number of carboxylic acid groups (broad SMARTS) is 1. The van der Waals surface area contributed by atoms with Crippen LogP contribution in [0.2, 0.25) is 0 Å². The average Bonchev–Trinajstić information content (AvgIpc) is 2.54. The summed E-state index contributed by atoms with van der Waals surface area (Å²) in [5, 5.41) is 29.0. The number of thioether (sulfide) groups is 1. The normalized spacial score (nSPS) is 23.4. The van der Waals surface area contributed by atoms with E-state index in [1.807, 2.05) is 0 Å². The smallest absolute Gasteiger partial charge is 0.352 e. The molecule has 0 saturated carbocycles. The van der Waals surface area contributed by atoms with Gasteiger partial charge in [-0.15, -0.1) is 11.8 Å². The van der Waals surface area contributed by atoms with Crippen LogP contribution in [0.3, 0.4) is 0 Å². The Kier molecular flexibility index (Phi) is 5.99. The second-order valence-corrected chi connectivity index (χ2v) is 6.12.